The predicted molar refractivity (Wildman–Crippen MR) is 55.4 cm³/mol. The summed E-state index contributed by atoms with van der Waals surface area (Å²) < 4.78 is 42.4. The van der Waals surface area contributed by atoms with E-state index in [0.717, 1.165) is 17.2 Å². The van der Waals surface area contributed by atoms with Crippen LogP contribution in [0.3, 0.4) is 0 Å². The molecule has 4 heteroatoms. The molecule has 0 radical (unpaired) electrons. The first-order valence-corrected chi connectivity index (χ1v) is 4.91. The van der Waals surface area contributed by atoms with Crippen LogP contribution in [0.5, 0.6) is 5.75 Å². The third-order valence-electron chi connectivity index (χ3n) is 2.47. The second-order valence-corrected chi connectivity index (χ2v) is 3.94. The topological polar surface area (TPSA) is 9.23 Å². The van der Waals surface area contributed by atoms with Gasteiger partial charge in [-0.1, -0.05) is 17.7 Å². The van der Waals surface area contributed by atoms with E-state index in [1.807, 2.05) is 19.1 Å². The Hall–Kier alpha value is -1.45. The number of halogens is 3. The van der Waals surface area contributed by atoms with Gasteiger partial charge in [-0.2, -0.15) is 13.2 Å². The highest BCUT2D eigenvalue weighted by molar-refractivity contribution is 5.63. The monoisotopic (exact) mass is 228 g/mol. The fourth-order valence-corrected chi connectivity index (χ4v) is 1.81. The van der Waals surface area contributed by atoms with E-state index >= 15 is 0 Å². The summed E-state index contributed by atoms with van der Waals surface area (Å²) in [5, 5.41) is 0. The second kappa shape index (κ2) is 3.54. The average Bonchev–Trinajstić information content (AvgIpc) is 2.15. The first-order valence-electron chi connectivity index (χ1n) is 4.91. The maximum absolute atomic E-state index is 12.5. The summed E-state index contributed by atoms with van der Waals surface area (Å²) in [6.45, 7) is 3.65. The lowest BCUT2D eigenvalue weighted by atomic mass is 10.0. The van der Waals surface area contributed by atoms with Crippen molar-refractivity contribution in [1.29, 1.82) is 0 Å². The zero-order valence-corrected chi connectivity index (χ0v) is 8.93. The summed E-state index contributed by atoms with van der Waals surface area (Å²) in [6, 6.07) is 3.62. The van der Waals surface area contributed by atoms with Crippen molar-refractivity contribution in [3.63, 3.8) is 0 Å². The quantitative estimate of drug-likeness (QED) is 0.658. The SMILES string of the molecule is Cc1cc(C)c2c(c1)C=C[C@H](C(F)(F)F)O2. The molecule has 0 saturated carbocycles. The molecular weight excluding hydrogens is 217 g/mol. The molecule has 1 aromatic rings. The zero-order chi connectivity index (χ0) is 11.9. The molecule has 1 aromatic carbocycles. The lowest BCUT2D eigenvalue weighted by Crippen LogP contribution is -2.34. The molecule has 0 aliphatic carbocycles. The van der Waals surface area contributed by atoms with Crippen LogP contribution in [0, 0.1) is 13.8 Å². The Kier molecular flexibility index (Phi) is 2.45. The molecule has 0 aromatic heterocycles. The van der Waals surface area contributed by atoms with Crippen molar-refractivity contribution in [3.05, 3.63) is 34.9 Å². The van der Waals surface area contributed by atoms with E-state index in [1.54, 1.807) is 6.92 Å². The molecule has 1 aliphatic heterocycles. The predicted octanol–water partition coefficient (Wildman–Crippen LogP) is 3.64. The third-order valence-corrected chi connectivity index (χ3v) is 2.47. The Bertz CT molecular complexity index is 446. The van der Waals surface area contributed by atoms with Crippen LogP contribution in [0.25, 0.3) is 6.08 Å². The molecule has 86 valence electrons. The van der Waals surface area contributed by atoms with Gasteiger partial charge in [-0.25, -0.2) is 0 Å². The summed E-state index contributed by atoms with van der Waals surface area (Å²) >= 11 is 0. The summed E-state index contributed by atoms with van der Waals surface area (Å²) in [4.78, 5) is 0. The van der Waals surface area contributed by atoms with Gasteiger partial charge in [0.1, 0.15) is 5.75 Å². The van der Waals surface area contributed by atoms with Gasteiger partial charge >= 0.3 is 6.18 Å². The highest BCUT2D eigenvalue weighted by atomic mass is 19.4. The fourth-order valence-electron chi connectivity index (χ4n) is 1.81. The number of aryl methyl sites for hydroxylation is 2. The van der Waals surface area contributed by atoms with Crippen LogP contribution in [0.4, 0.5) is 13.2 Å². The molecule has 1 atom stereocenters. The van der Waals surface area contributed by atoms with Crippen LogP contribution in [0.1, 0.15) is 16.7 Å². The summed E-state index contributed by atoms with van der Waals surface area (Å²) in [5.74, 6) is 0.329. The molecule has 0 N–H and O–H groups in total. The van der Waals surface area contributed by atoms with E-state index in [0.29, 0.717) is 11.3 Å². The van der Waals surface area contributed by atoms with E-state index in [9.17, 15) is 13.2 Å². The van der Waals surface area contributed by atoms with Gasteiger partial charge in [-0.15, -0.1) is 0 Å². The lowest BCUT2D eigenvalue weighted by molar-refractivity contribution is -0.180. The number of hydrogen-bond acceptors (Lipinski definition) is 1. The molecule has 0 fully saturated rings. The third kappa shape index (κ3) is 1.92. The molecule has 1 nitrogen and oxygen atoms in total. The van der Waals surface area contributed by atoms with Gasteiger partial charge in [0.25, 0.3) is 0 Å². The smallest absolute Gasteiger partial charge is 0.429 e. The number of hydrogen-bond donors (Lipinski definition) is 0. The highest BCUT2D eigenvalue weighted by Crippen LogP contribution is 2.35. The van der Waals surface area contributed by atoms with Crippen molar-refractivity contribution in [2.75, 3.05) is 0 Å². The fraction of sp³-hybridized carbons (Fsp3) is 0.333. The molecule has 1 heterocycles. The van der Waals surface area contributed by atoms with Crippen LogP contribution >= 0.6 is 0 Å². The van der Waals surface area contributed by atoms with Crippen molar-refractivity contribution in [2.24, 2.45) is 0 Å². The van der Waals surface area contributed by atoms with Crippen molar-refractivity contribution >= 4 is 6.08 Å². The molecule has 0 spiro atoms. The largest absolute Gasteiger partial charge is 0.476 e. The van der Waals surface area contributed by atoms with Gasteiger partial charge in [0.2, 0.25) is 6.10 Å². The molecule has 0 saturated heterocycles. The van der Waals surface area contributed by atoms with Crippen molar-refractivity contribution in [2.45, 2.75) is 26.1 Å². The summed E-state index contributed by atoms with van der Waals surface area (Å²) in [6.07, 6.45) is -3.68. The standard InChI is InChI=1S/C12H11F3O/c1-7-5-8(2)11-9(6-7)3-4-10(16-11)12(13,14)15/h3-6,10H,1-2H3/t10-/m1/s1. The van der Waals surface area contributed by atoms with E-state index in [2.05, 4.69) is 0 Å². The minimum atomic E-state index is -4.36. The lowest BCUT2D eigenvalue weighted by Gasteiger charge is -2.25. The minimum Gasteiger partial charge on any atom is -0.476 e. The van der Waals surface area contributed by atoms with E-state index in [1.165, 1.54) is 6.08 Å². The van der Waals surface area contributed by atoms with Crippen LogP contribution in [0.15, 0.2) is 18.2 Å². The van der Waals surface area contributed by atoms with Crippen LogP contribution in [0.2, 0.25) is 0 Å². The summed E-state index contributed by atoms with van der Waals surface area (Å²) in [5.41, 5.74) is 2.45. The zero-order valence-electron chi connectivity index (χ0n) is 8.93. The molecular formula is C12H11F3O. The molecule has 0 unspecified atom stereocenters. The molecule has 2 rings (SSSR count). The highest BCUT2D eigenvalue weighted by Gasteiger charge is 2.41. The van der Waals surface area contributed by atoms with Crippen molar-refractivity contribution < 1.29 is 17.9 Å². The Balaban J connectivity index is 2.42. The average molecular weight is 228 g/mol. The van der Waals surface area contributed by atoms with E-state index in [-0.39, 0.29) is 0 Å². The van der Waals surface area contributed by atoms with Crippen LogP contribution < -0.4 is 4.74 Å². The van der Waals surface area contributed by atoms with Crippen molar-refractivity contribution in [1.82, 2.24) is 0 Å². The molecule has 16 heavy (non-hydrogen) atoms. The Morgan fingerprint density at radius 3 is 2.50 bits per heavy atom. The summed E-state index contributed by atoms with van der Waals surface area (Å²) in [7, 11) is 0. The van der Waals surface area contributed by atoms with E-state index in [4.69, 9.17) is 4.74 Å². The van der Waals surface area contributed by atoms with Gasteiger partial charge < -0.3 is 4.74 Å². The number of benzene rings is 1. The Morgan fingerprint density at radius 2 is 1.88 bits per heavy atom. The van der Waals surface area contributed by atoms with Crippen LogP contribution in [-0.4, -0.2) is 12.3 Å². The van der Waals surface area contributed by atoms with E-state index < -0.39 is 12.3 Å². The van der Waals surface area contributed by atoms with Gasteiger partial charge in [0.15, 0.2) is 0 Å². The maximum atomic E-state index is 12.5. The minimum absolute atomic E-state index is 0.329. The number of rotatable bonds is 0. The molecule has 0 bridgehead atoms. The number of ether oxygens (including phenoxy) is 1. The van der Waals surface area contributed by atoms with Gasteiger partial charge in [0, 0.05) is 5.56 Å². The first kappa shape index (κ1) is 11.0. The van der Waals surface area contributed by atoms with Gasteiger partial charge in [0.05, 0.1) is 0 Å². The number of alkyl halides is 3. The van der Waals surface area contributed by atoms with Crippen LogP contribution in [-0.2, 0) is 0 Å². The Morgan fingerprint density at radius 1 is 1.19 bits per heavy atom. The van der Waals surface area contributed by atoms with Gasteiger partial charge in [-0.05, 0) is 31.6 Å². The Labute approximate surface area is 91.5 Å². The molecule has 1 aliphatic rings. The van der Waals surface area contributed by atoms with Crippen molar-refractivity contribution in [3.8, 4) is 5.75 Å². The maximum Gasteiger partial charge on any atom is 0.429 e. The van der Waals surface area contributed by atoms with Gasteiger partial charge in [-0.3, -0.25) is 0 Å². The first-order chi connectivity index (χ1) is 7.38. The second-order valence-electron chi connectivity index (χ2n) is 3.94. The number of fused-ring (bicyclic) bond motifs is 1. The molecule has 0 amide bonds. The normalized spacial score (nSPS) is 19.2.